The number of allylic oxidation sites excluding steroid dienone is 3. The number of hydrogen-bond acceptors (Lipinski definition) is 2. The molecule has 0 saturated carbocycles. The summed E-state index contributed by atoms with van der Waals surface area (Å²) >= 11 is 5.75. The van der Waals surface area contributed by atoms with E-state index in [1.165, 1.54) is 12.3 Å². The van der Waals surface area contributed by atoms with Crippen LogP contribution in [0.1, 0.15) is 6.42 Å². The van der Waals surface area contributed by atoms with Crippen molar-refractivity contribution in [3.63, 3.8) is 0 Å². The summed E-state index contributed by atoms with van der Waals surface area (Å²) < 4.78 is 5.23. The van der Waals surface area contributed by atoms with Crippen LogP contribution in [0.15, 0.2) is 35.1 Å². The summed E-state index contributed by atoms with van der Waals surface area (Å²) in [5, 5.41) is 0.619. The third-order valence-corrected chi connectivity index (χ3v) is 2.18. The molecule has 2 nitrogen and oxygen atoms in total. The molecule has 1 aliphatic carbocycles. The van der Waals surface area contributed by atoms with E-state index in [9.17, 15) is 4.79 Å². The molecular weight excluding hydrogens is 176 g/mol. The van der Waals surface area contributed by atoms with Gasteiger partial charge in [0.2, 0.25) is 0 Å². The Hall–Kier alpha value is -1.02. The first-order valence-electron chi connectivity index (χ1n) is 3.71. The zero-order chi connectivity index (χ0) is 8.55. The Bertz CT molecular complexity index is 312. The summed E-state index contributed by atoms with van der Waals surface area (Å²) in [4.78, 5) is 11.3. The summed E-state index contributed by atoms with van der Waals surface area (Å²) in [6.07, 6.45) is 6.93. The predicted octanol–water partition coefficient (Wildman–Crippen LogP) is 1.92. The second kappa shape index (κ2) is 2.79. The smallest absolute Gasteiger partial charge is 0.188 e. The molecule has 0 aromatic rings. The number of hydrogen-bond donors (Lipinski definition) is 0. The Morgan fingerprint density at radius 3 is 3.25 bits per heavy atom. The van der Waals surface area contributed by atoms with Crippen LogP contribution in [0, 0.1) is 0 Å². The van der Waals surface area contributed by atoms with Gasteiger partial charge in [0.05, 0.1) is 6.26 Å². The minimum absolute atomic E-state index is 0.00231. The lowest BCUT2D eigenvalue weighted by Gasteiger charge is -2.23. The van der Waals surface area contributed by atoms with Crippen molar-refractivity contribution in [2.75, 3.05) is 0 Å². The molecule has 2 rings (SSSR count). The molecule has 1 atom stereocenters. The highest BCUT2D eigenvalue weighted by Gasteiger charge is 2.25. The SMILES string of the molecule is O=C1C=COC2CC=C(Cl)C=C12. The maximum absolute atomic E-state index is 11.3. The highest BCUT2D eigenvalue weighted by atomic mass is 35.5. The number of ketones is 1. The Morgan fingerprint density at radius 2 is 2.42 bits per heavy atom. The largest absolute Gasteiger partial charge is 0.493 e. The first kappa shape index (κ1) is 7.62. The minimum atomic E-state index is -0.120. The topological polar surface area (TPSA) is 26.3 Å². The van der Waals surface area contributed by atoms with Crippen LogP contribution in [0.5, 0.6) is 0 Å². The Balaban J connectivity index is 2.37. The van der Waals surface area contributed by atoms with Gasteiger partial charge in [-0.25, -0.2) is 0 Å². The summed E-state index contributed by atoms with van der Waals surface area (Å²) in [6.45, 7) is 0. The lowest BCUT2D eigenvalue weighted by atomic mass is 9.96. The first-order valence-corrected chi connectivity index (χ1v) is 4.09. The lowest BCUT2D eigenvalue weighted by molar-refractivity contribution is -0.113. The van der Waals surface area contributed by atoms with Crippen LogP contribution < -0.4 is 0 Å². The lowest BCUT2D eigenvalue weighted by Crippen LogP contribution is -2.23. The zero-order valence-corrected chi connectivity index (χ0v) is 7.04. The quantitative estimate of drug-likeness (QED) is 0.572. The van der Waals surface area contributed by atoms with Crippen molar-refractivity contribution in [1.29, 1.82) is 0 Å². The molecule has 0 N–H and O–H groups in total. The van der Waals surface area contributed by atoms with Crippen molar-refractivity contribution in [3.05, 3.63) is 35.1 Å². The molecule has 2 aliphatic rings. The number of rotatable bonds is 0. The van der Waals surface area contributed by atoms with Gasteiger partial charge in [-0.2, -0.15) is 0 Å². The first-order chi connectivity index (χ1) is 5.77. The van der Waals surface area contributed by atoms with E-state index < -0.39 is 0 Å². The van der Waals surface area contributed by atoms with E-state index in [-0.39, 0.29) is 11.9 Å². The highest BCUT2D eigenvalue weighted by molar-refractivity contribution is 6.31. The van der Waals surface area contributed by atoms with E-state index >= 15 is 0 Å². The minimum Gasteiger partial charge on any atom is -0.493 e. The van der Waals surface area contributed by atoms with Gasteiger partial charge in [-0.3, -0.25) is 4.79 Å². The van der Waals surface area contributed by atoms with Crippen LogP contribution in [0.3, 0.4) is 0 Å². The van der Waals surface area contributed by atoms with Crippen LogP contribution in [0.4, 0.5) is 0 Å². The van der Waals surface area contributed by atoms with Crippen molar-refractivity contribution in [2.24, 2.45) is 0 Å². The molecule has 0 aromatic carbocycles. The van der Waals surface area contributed by atoms with Gasteiger partial charge in [-0.1, -0.05) is 17.7 Å². The third kappa shape index (κ3) is 1.18. The summed E-state index contributed by atoms with van der Waals surface area (Å²) in [5.41, 5.74) is 0.657. The summed E-state index contributed by atoms with van der Waals surface area (Å²) in [7, 11) is 0. The third-order valence-electron chi connectivity index (χ3n) is 1.91. The average molecular weight is 183 g/mol. The molecule has 0 bridgehead atoms. The predicted molar refractivity (Wildman–Crippen MR) is 45.7 cm³/mol. The Labute approximate surface area is 75.2 Å². The van der Waals surface area contributed by atoms with E-state index in [2.05, 4.69) is 0 Å². The van der Waals surface area contributed by atoms with E-state index in [4.69, 9.17) is 16.3 Å². The second-order valence-electron chi connectivity index (χ2n) is 2.72. The monoisotopic (exact) mass is 182 g/mol. The number of carbonyl (C=O) groups is 1. The number of fused-ring (bicyclic) bond motifs is 1. The van der Waals surface area contributed by atoms with Gasteiger partial charge in [0.1, 0.15) is 6.10 Å². The molecule has 1 unspecified atom stereocenters. The molecule has 3 heteroatoms. The molecule has 0 radical (unpaired) electrons. The van der Waals surface area contributed by atoms with E-state index in [1.807, 2.05) is 6.08 Å². The maximum atomic E-state index is 11.3. The molecule has 0 spiro atoms. The van der Waals surface area contributed by atoms with Gasteiger partial charge in [0.15, 0.2) is 5.78 Å². The van der Waals surface area contributed by atoms with E-state index in [0.29, 0.717) is 17.0 Å². The van der Waals surface area contributed by atoms with Crippen molar-refractivity contribution < 1.29 is 9.53 Å². The van der Waals surface area contributed by atoms with Gasteiger partial charge >= 0.3 is 0 Å². The Morgan fingerprint density at radius 1 is 1.58 bits per heavy atom. The fraction of sp³-hybridized carbons (Fsp3) is 0.222. The standard InChI is InChI=1S/C9H7ClO2/c10-6-1-2-9-7(5-6)8(11)3-4-12-9/h1,3-5,9H,2H2. The van der Waals surface area contributed by atoms with Crippen molar-refractivity contribution in [2.45, 2.75) is 12.5 Å². The number of halogens is 1. The van der Waals surface area contributed by atoms with Crippen molar-refractivity contribution in [1.82, 2.24) is 0 Å². The Kier molecular flexibility index (Phi) is 1.77. The average Bonchev–Trinajstić information content (AvgIpc) is 2.07. The van der Waals surface area contributed by atoms with Crippen molar-refractivity contribution >= 4 is 17.4 Å². The van der Waals surface area contributed by atoms with Crippen molar-refractivity contribution in [3.8, 4) is 0 Å². The van der Waals surface area contributed by atoms with Crippen LogP contribution >= 0.6 is 11.6 Å². The van der Waals surface area contributed by atoms with Crippen LogP contribution in [-0.4, -0.2) is 11.9 Å². The number of ether oxygens (including phenoxy) is 1. The molecule has 0 saturated heterocycles. The maximum Gasteiger partial charge on any atom is 0.188 e. The summed E-state index contributed by atoms with van der Waals surface area (Å²) in [5.74, 6) is -0.00231. The van der Waals surface area contributed by atoms with Crippen LogP contribution in [-0.2, 0) is 9.53 Å². The molecule has 12 heavy (non-hydrogen) atoms. The van der Waals surface area contributed by atoms with E-state index in [0.717, 1.165) is 0 Å². The summed E-state index contributed by atoms with van der Waals surface area (Å²) in [6, 6.07) is 0. The second-order valence-corrected chi connectivity index (χ2v) is 3.15. The van der Waals surface area contributed by atoms with E-state index in [1.54, 1.807) is 6.08 Å². The van der Waals surface area contributed by atoms with Crippen LogP contribution in [0.25, 0.3) is 0 Å². The molecule has 0 fully saturated rings. The normalized spacial score (nSPS) is 27.1. The van der Waals surface area contributed by atoms with Gasteiger partial charge in [-0.15, -0.1) is 0 Å². The molecular formula is C9H7ClO2. The highest BCUT2D eigenvalue weighted by Crippen LogP contribution is 2.26. The molecule has 0 amide bonds. The fourth-order valence-electron chi connectivity index (χ4n) is 1.30. The van der Waals surface area contributed by atoms with Gasteiger partial charge in [0, 0.05) is 23.1 Å². The fourth-order valence-corrected chi connectivity index (χ4v) is 1.50. The van der Waals surface area contributed by atoms with Crippen LogP contribution in [0.2, 0.25) is 0 Å². The van der Waals surface area contributed by atoms with Gasteiger partial charge in [0.25, 0.3) is 0 Å². The molecule has 62 valence electrons. The molecule has 1 heterocycles. The molecule has 1 aliphatic heterocycles. The number of carbonyl (C=O) groups excluding carboxylic acids is 1. The van der Waals surface area contributed by atoms with Gasteiger partial charge in [-0.05, 0) is 6.08 Å². The van der Waals surface area contributed by atoms with Gasteiger partial charge < -0.3 is 4.74 Å². The zero-order valence-electron chi connectivity index (χ0n) is 6.29. The molecule has 0 aromatic heterocycles.